The Morgan fingerprint density at radius 2 is 1.20 bits per heavy atom. The van der Waals surface area contributed by atoms with E-state index in [0.717, 1.165) is 0 Å². The zero-order chi connectivity index (χ0) is 29.9. The van der Waals surface area contributed by atoms with Crippen LogP contribution in [0.5, 0.6) is 0 Å². The lowest BCUT2D eigenvalue weighted by atomic mass is 9.96. The van der Waals surface area contributed by atoms with E-state index in [1.54, 1.807) is 0 Å². The van der Waals surface area contributed by atoms with Crippen LogP contribution in [0.3, 0.4) is 0 Å². The van der Waals surface area contributed by atoms with Gasteiger partial charge in [-0.15, -0.1) is 0 Å². The fourth-order valence-electron chi connectivity index (χ4n) is 4.30. The molecule has 0 saturated carbocycles. The molecule has 3 rings (SSSR count). The SMILES string of the molecule is O=C(O)[C@H]1O[C@@H](OCC(O)CO)[C@H](O)[C@@H](O)[C@@H]1O[C@H]1O[C@H](CO[C@@H]2O[C@H](CO)[C@@H](O)[C@H](O)[C@H]2O)[C@@H](O)[C@H](O)[C@H]1O. The van der Waals surface area contributed by atoms with E-state index < -0.39 is 131 Å². The normalized spacial score (nSPS) is 47.1. The summed E-state index contributed by atoms with van der Waals surface area (Å²) in [5.74, 6) is -1.71. The first kappa shape index (κ1) is 33.3. The second-order valence-corrected chi connectivity index (χ2v) is 9.56. The molecule has 234 valence electrons. The number of carboxylic acid groups (broad SMARTS) is 1. The molecule has 3 saturated heterocycles. The van der Waals surface area contributed by atoms with Gasteiger partial charge in [-0.2, -0.15) is 0 Å². The topological polar surface area (TPSA) is 315 Å². The minimum atomic E-state index is -2.05. The highest BCUT2D eigenvalue weighted by atomic mass is 16.8. The zero-order valence-corrected chi connectivity index (χ0v) is 20.8. The average molecular weight is 593 g/mol. The Morgan fingerprint density at radius 3 is 1.77 bits per heavy atom. The first-order valence-corrected chi connectivity index (χ1v) is 12.2. The van der Waals surface area contributed by atoms with Crippen LogP contribution in [0.1, 0.15) is 0 Å². The Hall–Kier alpha value is -1.21. The molecule has 19 nitrogen and oxygen atoms in total. The molecule has 0 aromatic carbocycles. The van der Waals surface area contributed by atoms with E-state index >= 15 is 0 Å². The van der Waals surface area contributed by atoms with Gasteiger partial charge in [-0.05, 0) is 0 Å². The van der Waals surface area contributed by atoms with Gasteiger partial charge in [0, 0.05) is 0 Å². The summed E-state index contributed by atoms with van der Waals surface area (Å²) in [6, 6.07) is 0. The largest absolute Gasteiger partial charge is 0.479 e. The van der Waals surface area contributed by atoms with Crippen molar-refractivity contribution in [2.75, 3.05) is 26.4 Å². The second-order valence-electron chi connectivity index (χ2n) is 9.56. The minimum Gasteiger partial charge on any atom is -0.479 e. The molecule has 0 aromatic heterocycles. The smallest absolute Gasteiger partial charge is 0.335 e. The van der Waals surface area contributed by atoms with Gasteiger partial charge in [-0.3, -0.25) is 0 Å². The molecule has 0 spiro atoms. The van der Waals surface area contributed by atoms with Gasteiger partial charge in [0.25, 0.3) is 0 Å². The van der Waals surface area contributed by atoms with Crippen LogP contribution in [0.15, 0.2) is 0 Å². The molecule has 16 atom stereocenters. The molecular formula is C21H36O19. The second kappa shape index (κ2) is 14.3. The summed E-state index contributed by atoms with van der Waals surface area (Å²) in [6.07, 6.45) is -28.7. The molecule has 19 heteroatoms. The molecular weight excluding hydrogens is 556 g/mol. The van der Waals surface area contributed by atoms with Gasteiger partial charge in [-0.1, -0.05) is 0 Å². The van der Waals surface area contributed by atoms with Crippen LogP contribution in [-0.2, 0) is 33.2 Å². The molecule has 0 aliphatic carbocycles. The molecule has 0 bridgehead atoms. The number of rotatable bonds is 11. The summed E-state index contributed by atoms with van der Waals surface area (Å²) < 4.78 is 31.4. The summed E-state index contributed by atoms with van der Waals surface area (Å²) in [7, 11) is 0. The maximum atomic E-state index is 11.8. The van der Waals surface area contributed by atoms with Crippen molar-refractivity contribution in [3.8, 4) is 0 Å². The van der Waals surface area contributed by atoms with Crippen molar-refractivity contribution in [2.45, 2.75) is 98.2 Å². The first-order chi connectivity index (χ1) is 18.8. The first-order valence-electron chi connectivity index (χ1n) is 12.2. The highest BCUT2D eigenvalue weighted by Gasteiger charge is 2.53. The van der Waals surface area contributed by atoms with Crippen molar-refractivity contribution < 1.29 is 94.5 Å². The highest BCUT2D eigenvalue weighted by molar-refractivity contribution is 5.73. The van der Waals surface area contributed by atoms with E-state index in [2.05, 4.69) is 0 Å². The molecule has 3 aliphatic rings. The van der Waals surface area contributed by atoms with Crippen molar-refractivity contribution in [2.24, 2.45) is 0 Å². The number of ether oxygens (including phenoxy) is 6. The molecule has 3 heterocycles. The van der Waals surface area contributed by atoms with Gasteiger partial charge < -0.3 is 89.7 Å². The lowest BCUT2D eigenvalue weighted by molar-refractivity contribution is -0.361. The van der Waals surface area contributed by atoms with E-state index in [4.69, 9.17) is 33.5 Å². The molecule has 12 N–H and O–H groups in total. The third-order valence-corrected chi connectivity index (χ3v) is 6.68. The van der Waals surface area contributed by atoms with Crippen LogP contribution in [-0.4, -0.2) is 192 Å². The van der Waals surface area contributed by atoms with Crippen LogP contribution < -0.4 is 0 Å². The molecule has 1 unspecified atom stereocenters. The van der Waals surface area contributed by atoms with Crippen molar-refractivity contribution in [1.82, 2.24) is 0 Å². The lowest BCUT2D eigenvalue weighted by Crippen LogP contribution is -2.65. The third-order valence-electron chi connectivity index (χ3n) is 6.68. The van der Waals surface area contributed by atoms with E-state index in [9.17, 15) is 61.0 Å². The van der Waals surface area contributed by atoms with Gasteiger partial charge in [0.15, 0.2) is 25.0 Å². The predicted octanol–water partition coefficient (Wildman–Crippen LogP) is -8.10. The summed E-state index contributed by atoms with van der Waals surface area (Å²) in [4.78, 5) is 11.8. The van der Waals surface area contributed by atoms with E-state index in [1.165, 1.54) is 0 Å². The summed E-state index contributed by atoms with van der Waals surface area (Å²) in [6.45, 7) is -2.75. The average Bonchev–Trinajstić information content (AvgIpc) is 2.93. The number of aliphatic hydroxyl groups excluding tert-OH is 11. The van der Waals surface area contributed by atoms with Crippen LogP contribution >= 0.6 is 0 Å². The Labute approximate surface area is 225 Å². The van der Waals surface area contributed by atoms with Gasteiger partial charge in [0.2, 0.25) is 0 Å². The fraction of sp³-hybridized carbons (Fsp3) is 0.952. The molecule has 0 amide bonds. The van der Waals surface area contributed by atoms with Crippen molar-refractivity contribution >= 4 is 5.97 Å². The fourth-order valence-corrected chi connectivity index (χ4v) is 4.30. The molecule has 40 heavy (non-hydrogen) atoms. The van der Waals surface area contributed by atoms with E-state index in [0.29, 0.717) is 0 Å². The Bertz CT molecular complexity index is 802. The van der Waals surface area contributed by atoms with Crippen molar-refractivity contribution in [3.05, 3.63) is 0 Å². The Kier molecular flexibility index (Phi) is 11.9. The highest BCUT2D eigenvalue weighted by Crippen LogP contribution is 2.31. The summed E-state index contributed by atoms with van der Waals surface area (Å²) in [5, 5.41) is 119. The van der Waals surface area contributed by atoms with Crippen LogP contribution in [0.2, 0.25) is 0 Å². The van der Waals surface area contributed by atoms with Gasteiger partial charge >= 0.3 is 5.97 Å². The lowest BCUT2D eigenvalue weighted by Gasteiger charge is -2.46. The number of hydrogen-bond acceptors (Lipinski definition) is 18. The van der Waals surface area contributed by atoms with Gasteiger partial charge in [0.05, 0.1) is 26.4 Å². The summed E-state index contributed by atoms with van der Waals surface area (Å²) in [5.41, 5.74) is 0. The van der Waals surface area contributed by atoms with Crippen LogP contribution in [0, 0.1) is 0 Å². The quantitative estimate of drug-likeness (QED) is 0.106. The van der Waals surface area contributed by atoms with Gasteiger partial charge in [-0.25, -0.2) is 4.79 Å². The number of aliphatic hydroxyl groups is 11. The monoisotopic (exact) mass is 592 g/mol. The van der Waals surface area contributed by atoms with E-state index in [1.807, 2.05) is 0 Å². The molecule has 3 fully saturated rings. The third kappa shape index (κ3) is 7.22. The molecule has 0 radical (unpaired) electrons. The standard InChI is InChI=1S/C21H36O19/c22-1-5(24)3-35-20-15(32)12(29)16(17(40-20)18(33)34)39-21-14(31)11(28)9(26)7(38-21)4-36-19-13(30)10(27)8(25)6(2-23)37-19/h5-17,19-32H,1-4H2,(H,33,34)/t5?,6-,7-,8-,9-,10+,11+,12-,13-,14-,15-,16+,17+,19-,20-,21-/m1/s1. The van der Waals surface area contributed by atoms with Crippen molar-refractivity contribution in [1.29, 1.82) is 0 Å². The number of aliphatic carboxylic acids is 1. The molecule has 0 aromatic rings. The maximum Gasteiger partial charge on any atom is 0.335 e. The zero-order valence-electron chi connectivity index (χ0n) is 20.8. The predicted molar refractivity (Wildman–Crippen MR) is 119 cm³/mol. The number of carboxylic acids is 1. The Balaban J connectivity index is 1.69. The van der Waals surface area contributed by atoms with Crippen molar-refractivity contribution in [3.63, 3.8) is 0 Å². The number of carbonyl (C=O) groups is 1. The molecule has 3 aliphatic heterocycles. The minimum absolute atomic E-state index is 0.590. The van der Waals surface area contributed by atoms with Gasteiger partial charge in [0.1, 0.15) is 73.2 Å². The Morgan fingerprint density at radius 1 is 0.675 bits per heavy atom. The summed E-state index contributed by atoms with van der Waals surface area (Å²) >= 11 is 0. The maximum absolute atomic E-state index is 11.8. The number of hydrogen-bond donors (Lipinski definition) is 12. The van der Waals surface area contributed by atoms with Crippen LogP contribution in [0.4, 0.5) is 0 Å². The van der Waals surface area contributed by atoms with Crippen LogP contribution in [0.25, 0.3) is 0 Å². The van der Waals surface area contributed by atoms with E-state index in [-0.39, 0.29) is 0 Å².